The van der Waals surface area contributed by atoms with E-state index in [-0.39, 0.29) is 16.5 Å². The Labute approximate surface area is 104 Å². The average Bonchev–Trinajstić information content (AvgIpc) is 2.57. The molecule has 2 aromatic rings. The number of H-pyrrole nitrogens is 1. The van der Waals surface area contributed by atoms with Gasteiger partial charge in [-0.05, 0) is 18.2 Å². The van der Waals surface area contributed by atoms with Crippen molar-refractivity contribution in [2.45, 2.75) is 0 Å². The van der Waals surface area contributed by atoms with Gasteiger partial charge in [0.1, 0.15) is 11.6 Å². The lowest BCUT2D eigenvalue weighted by Crippen LogP contribution is -2.19. The Kier molecular flexibility index (Phi) is 2.84. The van der Waals surface area contributed by atoms with Crippen LogP contribution in [0.15, 0.2) is 23.0 Å². The summed E-state index contributed by atoms with van der Waals surface area (Å²) >= 11 is 5.58. The number of nitrogens with zero attached hydrogens (tertiary/aromatic N) is 1. The number of nitrogens with one attached hydrogen (secondary N) is 1. The Morgan fingerprint density at radius 3 is 2.72 bits per heavy atom. The van der Waals surface area contributed by atoms with Crippen LogP contribution in [0.5, 0.6) is 0 Å². The first-order valence-electron chi connectivity index (χ1n) is 4.71. The minimum absolute atomic E-state index is 0.108. The van der Waals surface area contributed by atoms with Crippen molar-refractivity contribution in [1.82, 2.24) is 9.55 Å². The van der Waals surface area contributed by atoms with E-state index in [1.165, 1.54) is 6.07 Å². The van der Waals surface area contributed by atoms with Crippen molar-refractivity contribution in [2.24, 2.45) is 0 Å². The van der Waals surface area contributed by atoms with Crippen LogP contribution in [0.1, 0.15) is 10.5 Å². The summed E-state index contributed by atoms with van der Waals surface area (Å²) in [7, 11) is 0. The van der Waals surface area contributed by atoms with E-state index < -0.39 is 23.2 Å². The summed E-state index contributed by atoms with van der Waals surface area (Å²) in [6.45, 7) is 0. The van der Waals surface area contributed by atoms with E-state index in [0.717, 1.165) is 16.7 Å². The number of hydrogen-bond donors (Lipinski definition) is 3. The third-order valence-electron chi connectivity index (χ3n) is 2.29. The van der Waals surface area contributed by atoms with E-state index in [9.17, 15) is 14.0 Å². The van der Waals surface area contributed by atoms with E-state index >= 15 is 0 Å². The summed E-state index contributed by atoms with van der Waals surface area (Å²) in [5.74, 6) is -2.34. The van der Waals surface area contributed by atoms with E-state index in [1.807, 2.05) is 0 Å². The largest absolute Gasteiger partial charge is 0.476 e. The van der Waals surface area contributed by atoms with E-state index in [1.54, 1.807) is 0 Å². The lowest BCUT2D eigenvalue weighted by molar-refractivity contribution is 0.0689. The topological polar surface area (TPSA) is 101 Å². The molecular weight excluding hydrogens is 265 g/mol. The summed E-state index contributed by atoms with van der Waals surface area (Å²) < 4.78 is 13.8. The summed E-state index contributed by atoms with van der Waals surface area (Å²) in [6.07, 6.45) is 0. The molecule has 0 aliphatic heterocycles. The molecule has 0 spiro atoms. The molecule has 2 rings (SSSR count). The number of imidazole rings is 1. The highest BCUT2D eigenvalue weighted by Crippen LogP contribution is 2.20. The van der Waals surface area contributed by atoms with E-state index in [2.05, 4.69) is 4.98 Å². The third-order valence-corrected chi connectivity index (χ3v) is 2.58. The number of aromatic nitrogens is 2. The maximum absolute atomic E-state index is 13.0. The first-order chi connectivity index (χ1) is 8.41. The first-order valence-corrected chi connectivity index (χ1v) is 5.09. The Bertz CT molecular complexity index is 692. The van der Waals surface area contributed by atoms with Gasteiger partial charge >= 0.3 is 11.7 Å². The number of nitrogens with two attached hydrogens (primary N) is 1. The van der Waals surface area contributed by atoms with Crippen LogP contribution in [0.25, 0.3) is 5.69 Å². The zero-order valence-electron chi connectivity index (χ0n) is 8.78. The molecule has 0 unspecified atom stereocenters. The van der Waals surface area contributed by atoms with Crippen molar-refractivity contribution in [3.63, 3.8) is 0 Å². The van der Waals surface area contributed by atoms with Crippen molar-refractivity contribution in [2.75, 3.05) is 5.73 Å². The molecule has 0 radical (unpaired) electrons. The Morgan fingerprint density at radius 1 is 1.50 bits per heavy atom. The molecule has 0 amide bonds. The fourth-order valence-corrected chi connectivity index (χ4v) is 1.71. The number of halogens is 2. The van der Waals surface area contributed by atoms with Gasteiger partial charge in [-0.25, -0.2) is 14.0 Å². The predicted molar refractivity (Wildman–Crippen MR) is 62.7 cm³/mol. The number of carbonyl (C=O) groups is 1. The molecule has 0 saturated carbocycles. The molecule has 4 N–H and O–H groups in total. The van der Waals surface area contributed by atoms with Gasteiger partial charge in [0, 0.05) is 0 Å². The monoisotopic (exact) mass is 271 g/mol. The van der Waals surface area contributed by atoms with Crippen LogP contribution in [0, 0.1) is 5.82 Å². The van der Waals surface area contributed by atoms with Crippen molar-refractivity contribution in [3.8, 4) is 5.69 Å². The lowest BCUT2D eigenvalue weighted by Gasteiger charge is -2.05. The molecule has 0 aliphatic carbocycles. The highest BCUT2D eigenvalue weighted by atomic mass is 35.5. The number of hydrogen-bond acceptors (Lipinski definition) is 3. The van der Waals surface area contributed by atoms with Crippen LogP contribution in [0.3, 0.4) is 0 Å². The molecular formula is C10H7ClFN3O3. The SMILES string of the molecule is Nc1[nH]c(=O)n(-c2ccc(F)c(Cl)c2)c1C(=O)O. The lowest BCUT2D eigenvalue weighted by atomic mass is 10.3. The summed E-state index contributed by atoms with van der Waals surface area (Å²) in [5, 5.41) is 8.75. The molecule has 0 bridgehead atoms. The van der Waals surface area contributed by atoms with Crippen LogP contribution in [-0.2, 0) is 0 Å². The number of carboxylic acids is 1. The van der Waals surface area contributed by atoms with Crippen molar-refractivity contribution in [3.05, 3.63) is 45.2 Å². The maximum Gasteiger partial charge on any atom is 0.356 e. The molecule has 0 saturated heterocycles. The van der Waals surface area contributed by atoms with Crippen LogP contribution in [-0.4, -0.2) is 20.6 Å². The number of aromatic carboxylic acids is 1. The summed E-state index contributed by atoms with van der Waals surface area (Å²) in [4.78, 5) is 24.8. The molecule has 8 heteroatoms. The van der Waals surface area contributed by atoms with Gasteiger partial charge in [-0.1, -0.05) is 11.6 Å². The maximum atomic E-state index is 13.0. The third kappa shape index (κ3) is 1.84. The molecule has 0 fully saturated rings. The molecule has 94 valence electrons. The first kappa shape index (κ1) is 12.2. The Balaban J connectivity index is 2.74. The normalized spacial score (nSPS) is 10.6. The second-order valence-electron chi connectivity index (χ2n) is 3.43. The van der Waals surface area contributed by atoms with Crippen molar-refractivity contribution in [1.29, 1.82) is 0 Å². The molecule has 1 aromatic carbocycles. The number of benzene rings is 1. The van der Waals surface area contributed by atoms with Gasteiger partial charge in [0.15, 0.2) is 5.69 Å². The predicted octanol–water partition coefficient (Wildman–Crippen LogP) is 1.24. The Morgan fingerprint density at radius 2 is 2.17 bits per heavy atom. The molecule has 18 heavy (non-hydrogen) atoms. The van der Waals surface area contributed by atoms with Gasteiger partial charge in [0.2, 0.25) is 0 Å². The van der Waals surface area contributed by atoms with Gasteiger partial charge in [0.25, 0.3) is 0 Å². The number of rotatable bonds is 2. The fourth-order valence-electron chi connectivity index (χ4n) is 1.53. The summed E-state index contributed by atoms with van der Waals surface area (Å²) in [6, 6.07) is 3.39. The smallest absolute Gasteiger partial charge is 0.356 e. The second kappa shape index (κ2) is 4.19. The van der Waals surface area contributed by atoms with Gasteiger partial charge < -0.3 is 10.8 Å². The van der Waals surface area contributed by atoms with E-state index in [4.69, 9.17) is 22.4 Å². The zero-order valence-corrected chi connectivity index (χ0v) is 9.53. The minimum Gasteiger partial charge on any atom is -0.476 e. The zero-order chi connectivity index (χ0) is 13.4. The van der Waals surface area contributed by atoms with Crippen LogP contribution in [0.2, 0.25) is 5.02 Å². The fraction of sp³-hybridized carbons (Fsp3) is 0. The van der Waals surface area contributed by atoms with Crippen LogP contribution < -0.4 is 11.4 Å². The average molecular weight is 272 g/mol. The van der Waals surface area contributed by atoms with Crippen molar-refractivity contribution < 1.29 is 14.3 Å². The highest BCUT2D eigenvalue weighted by molar-refractivity contribution is 6.30. The highest BCUT2D eigenvalue weighted by Gasteiger charge is 2.20. The van der Waals surface area contributed by atoms with Gasteiger partial charge in [-0.3, -0.25) is 9.55 Å². The molecule has 0 aliphatic rings. The molecule has 6 nitrogen and oxygen atoms in total. The minimum atomic E-state index is -1.38. The second-order valence-corrected chi connectivity index (χ2v) is 3.84. The Hall–Kier alpha value is -2.28. The molecule has 1 aromatic heterocycles. The summed E-state index contributed by atoms with van der Waals surface area (Å²) in [5.41, 5.74) is 4.32. The van der Waals surface area contributed by atoms with Gasteiger partial charge in [0.05, 0.1) is 10.7 Å². The number of carboxylic acid groups (broad SMARTS) is 1. The molecule has 0 atom stereocenters. The van der Waals surface area contributed by atoms with E-state index in [0.29, 0.717) is 0 Å². The van der Waals surface area contributed by atoms with Crippen molar-refractivity contribution >= 4 is 23.4 Å². The van der Waals surface area contributed by atoms with Crippen LogP contribution in [0.4, 0.5) is 10.2 Å². The number of anilines is 1. The van der Waals surface area contributed by atoms with Gasteiger partial charge in [-0.2, -0.15) is 0 Å². The number of nitrogen functional groups attached to an aromatic ring is 1. The quantitative estimate of drug-likeness (QED) is 0.765. The molecule has 1 heterocycles. The standard InChI is InChI=1S/C10H7ClFN3O3/c11-5-3-4(1-2-6(5)12)15-7(9(16)17)8(13)14-10(15)18/h1-3H,13H2,(H,14,18)(H,16,17). The van der Waals surface area contributed by atoms with Gasteiger partial charge in [-0.15, -0.1) is 0 Å². The number of aromatic amines is 1. The van der Waals surface area contributed by atoms with Crippen LogP contribution >= 0.6 is 11.6 Å².